The number of hydrogen-bond donors (Lipinski definition) is 2. The minimum absolute atomic E-state index is 0.276. The minimum Gasteiger partial charge on any atom is -0.398 e. The Labute approximate surface area is 125 Å². The molecule has 0 atom stereocenters. The summed E-state index contributed by atoms with van der Waals surface area (Å²) >= 11 is 5.99. The van der Waals surface area contributed by atoms with E-state index in [1.54, 1.807) is 35.2 Å². The van der Waals surface area contributed by atoms with Crippen LogP contribution < -0.4 is 11.1 Å². The molecule has 0 saturated heterocycles. The zero-order valence-electron chi connectivity index (χ0n) is 11.2. The van der Waals surface area contributed by atoms with E-state index in [0.29, 0.717) is 27.5 Å². The summed E-state index contributed by atoms with van der Waals surface area (Å²) in [4.78, 5) is 16.4. The Hall–Kier alpha value is -2.60. The molecule has 3 N–H and O–H groups in total. The van der Waals surface area contributed by atoms with Gasteiger partial charge in [-0.15, -0.1) is 0 Å². The van der Waals surface area contributed by atoms with E-state index in [2.05, 4.69) is 15.4 Å². The summed E-state index contributed by atoms with van der Waals surface area (Å²) in [6.45, 7) is 1.85. The third kappa shape index (κ3) is 2.41. The fourth-order valence-electron chi connectivity index (χ4n) is 2.04. The molecule has 7 heteroatoms. The fraction of sp³-hybridized carbons (Fsp3) is 0.0714. The Morgan fingerprint density at radius 1 is 1.38 bits per heavy atom. The molecular weight excluding hydrogens is 290 g/mol. The number of nitrogen functional groups attached to an aromatic ring is 1. The van der Waals surface area contributed by atoms with Crippen molar-refractivity contribution in [2.45, 2.75) is 6.92 Å². The van der Waals surface area contributed by atoms with Crippen molar-refractivity contribution in [2.24, 2.45) is 0 Å². The summed E-state index contributed by atoms with van der Waals surface area (Å²) in [5.74, 6) is -0.276. The van der Waals surface area contributed by atoms with Gasteiger partial charge in [-0.2, -0.15) is 5.10 Å². The Bertz CT molecular complexity index is 842. The smallest absolute Gasteiger partial charge is 0.259 e. The van der Waals surface area contributed by atoms with Crippen molar-refractivity contribution in [1.29, 1.82) is 0 Å². The maximum atomic E-state index is 12.4. The number of anilines is 2. The lowest BCUT2D eigenvalue weighted by molar-refractivity contribution is 0.102. The summed E-state index contributed by atoms with van der Waals surface area (Å²) in [5.41, 5.74) is 8.72. The van der Waals surface area contributed by atoms with Crippen LogP contribution in [0.4, 0.5) is 11.4 Å². The minimum atomic E-state index is -0.276. The van der Waals surface area contributed by atoms with Crippen molar-refractivity contribution in [2.75, 3.05) is 11.1 Å². The Kier molecular flexibility index (Phi) is 3.23. The molecule has 3 rings (SSSR count). The van der Waals surface area contributed by atoms with Crippen molar-refractivity contribution >= 4 is 34.4 Å². The summed E-state index contributed by atoms with van der Waals surface area (Å²) in [6.07, 6.45) is 6.37. The number of benzene rings is 1. The number of carbonyl (C=O) groups excluding carboxylic acids is 1. The van der Waals surface area contributed by atoms with Crippen LogP contribution in [0.5, 0.6) is 0 Å². The molecule has 0 spiro atoms. The number of carbonyl (C=O) groups is 1. The van der Waals surface area contributed by atoms with E-state index in [-0.39, 0.29) is 5.91 Å². The summed E-state index contributed by atoms with van der Waals surface area (Å²) in [6, 6.07) is 3.35. The Morgan fingerprint density at radius 2 is 2.19 bits per heavy atom. The fourth-order valence-corrected chi connectivity index (χ4v) is 2.20. The van der Waals surface area contributed by atoms with Crippen LogP contribution in [0.3, 0.4) is 0 Å². The number of aryl methyl sites for hydroxylation is 1. The van der Waals surface area contributed by atoms with Crippen LogP contribution in [-0.4, -0.2) is 20.5 Å². The first kappa shape index (κ1) is 13.4. The molecule has 1 amide bonds. The third-order valence-corrected chi connectivity index (χ3v) is 3.49. The van der Waals surface area contributed by atoms with E-state index in [0.717, 1.165) is 5.56 Å². The van der Waals surface area contributed by atoms with Gasteiger partial charge in [0.25, 0.3) is 5.91 Å². The molecule has 0 aliphatic rings. The number of nitrogens with two attached hydrogens (primary N) is 1. The number of halogens is 1. The number of fused-ring (bicyclic) bond motifs is 1. The molecule has 0 unspecified atom stereocenters. The molecule has 0 radical (unpaired) electrons. The quantitative estimate of drug-likeness (QED) is 0.712. The number of nitrogens with zero attached hydrogens (tertiary/aromatic N) is 3. The van der Waals surface area contributed by atoms with E-state index in [4.69, 9.17) is 17.3 Å². The molecule has 3 aromatic rings. The van der Waals surface area contributed by atoms with Gasteiger partial charge >= 0.3 is 0 Å². The van der Waals surface area contributed by atoms with Crippen LogP contribution in [0, 0.1) is 6.92 Å². The van der Waals surface area contributed by atoms with Crippen LogP contribution in [0.25, 0.3) is 5.52 Å². The number of nitrogens with one attached hydrogen (secondary N) is 1. The largest absolute Gasteiger partial charge is 0.398 e. The van der Waals surface area contributed by atoms with Crippen molar-refractivity contribution in [3.05, 3.63) is 53.1 Å². The summed E-state index contributed by atoms with van der Waals surface area (Å²) in [7, 11) is 0. The van der Waals surface area contributed by atoms with Crippen molar-refractivity contribution < 1.29 is 4.79 Å². The Morgan fingerprint density at radius 3 is 3.00 bits per heavy atom. The second-order valence-electron chi connectivity index (χ2n) is 4.61. The highest BCUT2D eigenvalue weighted by Crippen LogP contribution is 2.27. The molecule has 0 aliphatic heterocycles. The first-order valence-electron chi connectivity index (χ1n) is 6.20. The molecule has 21 heavy (non-hydrogen) atoms. The lowest BCUT2D eigenvalue weighted by Crippen LogP contribution is -2.13. The van der Waals surface area contributed by atoms with Gasteiger partial charge in [0, 0.05) is 18.1 Å². The van der Waals surface area contributed by atoms with E-state index in [1.165, 1.54) is 6.20 Å². The molecule has 0 fully saturated rings. The summed E-state index contributed by atoms with van der Waals surface area (Å²) in [5, 5.41) is 7.32. The predicted octanol–water partition coefficient (Wildman–Crippen LogP) is 2.53. The number of aromatic nitrogens is 3. The molecule has 6 nitrogen and oxygen atoms in total. The van der Waals surface area contributed by atoms with Crippen molar-refractivity contribution in [3.63, 3.8) is 0 Å². The van der Waals surface area contributed by atoms with Gasteiger partial charge < -0.3 is 11.1 Å². The molecule has 0 saturated carbocycles. The van der Waals surface area contributed by atoms with Gasteiger partial charge in [0.15, 0.2) is 0 Å². The molecule has 1 aromatic carbocycles. The van der Waals surface area contributed by atoms with Crippen LogP contribution in [-0.2, 0) is 0 Å². The molecular formula is C14H12ClN5O. The summed E-state index contributed by atoms with van der Waals surface area (Å²) < 4.78 is 1.59. The van der Waals surface area contributed by atoms with Gasteiger partial charge in [0.1, 0.15) is 0 Å². The van der Waals surface area contributed by atoms with Crippen LogP contribution in [0.1, 0.15) is 15.9 Å². The highest BCUT2D eigenvalue weighted by Gasteiger charge is 2.14. The second kappa shape index (κ2) is 5.06. The molecule has 2 aromatic heterocycles. The van der Waals surface area contributed by atoms with Gasteiger partial charge in [-0.25, -0.2) is 4.52 Å². The first-order chi connectivity index (χ1) is 10.1. The van der Waals surface area contributed by atoms with Gasteiger partial charge in [-0.05, 0) is 24.6 Å². The SMILES string of the molecule is Cc1cc(N)c(Cl)cc1NC(=O)c1cnn2ccncc12. The highest BCUT2D eigenvalue weighted by atomic mass is 35.5. The van der Waals surface area contributed by atoms with Crippen LogP contribution in [0.2, 0.25) is 5.02 Å². The predicted molar refractivity (Wildman–Crippen MR) is 81.5 cm³/mol. The normalized spacial score (nSPS) is 10.8. The van der Waals surface area contributed by atoms with E-state index in [1.807, 2.05) is 6.92 Å². The third-order valence-electron chi connectivity index (χ3n) is 3.16. The number of rotatable bonds is 2. The zero-order chi connectivity index (χ0) is 15.0. The van der Waals surface area contributed by atoms with Crippen molar-refractivity contribution in [1.82, 2.24) is 14.6 Å². The van der Waals surface area contributed by atoms with E-state index in [9.17, 15) is 4.79 Å². The molecule has 106 valence electrons. The monoisotopic (exact) mass is 301 g/mol. The molecule has 0 aliphatic carbocycles. The number of amides is 1. The maximum Gasteiger partial charge on any atom is 0.259 e. The van der Waals surface area contributed by atoms with Gasteiger partial charge in [-0.1, -0.05) is 11.6 Å². The zero-order valence-corrected chi connectivity index (χ0v) is 11.9. The topological polar surface area (TPSA) is 85.3 Å². The van der Waals surface area contributed by atoms with Crippen LogP contribution in [0.15, 0.2) is 36.9 Å². The van der Waals surface area contributed by atoms with Gasteiger partial charge in [0.2, 0.25) is 0 Å². The Balaban J connectivity index is 1.95. The van der Waals surface area contributed by atoms with Gasteiger partial charge in [0.05, 0.1) is 34.2 Å². The molecule has 0 bridgehead atoms. The molecule has 2 heterocycles. The average molecular weight is 302 g/mol. The van der Waals surface area contributed by atoms with Gasteiger partial charge in [-0.3, -0.25) is 9.78 Å². The lowest BCUT2D eigenvalue weighted by atomic mass is 10.1. The second-order valence-corrected chi connectivity index (χ2v) is 5.01. The standard InChI is InChI=1S/C14H12ClN5O/c1-8-4-11(16)10(15)5-12(8)19-14(21)9-6-18-20-3-2-17-7-13(9)20/h2-7H,16H2,1H3,(H,19,21). The highest BCUT2D eigenvalue weighted by molar-refractivity contribution is 6.33. The lowest BCUT2D eigenvalue weighted by Gasteiger charge is -2.09. The van der Waals surface area contributed by atoms with Crippen molar-refractivity contribution in [3.8, 4) is 0 Å². The first-order valence-corrected chi connectivity index (χ1v) is 6.58. The van der Waals surface area contributed by atoms with Crippen LogP contribution >= 0.6 is 11.6 Å². The number of hydrogen-bond acceptors (Lipinski definition) is 4. The maximum absolute atomic E-state index is 12.4. The van der Waals surface area contributed by atoms with E-state index >= 15 is 0 Å². The average Bonchev–Trinajstić information content (AvgIpc) is 2.88. The van der Waals surface area contributed by atoms with E-state index < -0.39 is 0 Å².